The molecule has 0 spiro atoms. The summed E-state index contributed by atoms with van der Waals surface area (Å²) in [5.74, 6) is -0.704. The van der Waals surface area contributed by atoms with Crippen molar-refractivity contribution in [1.29, 1.82) is 0 Å². The van der Waals surface area contributed by atoms with Gasteiger partial charge in [-0.1, -0.05) is 24.3 Å². The summed E-state index contributed by atoms with van der Waals surface area (Å²) in [5, 5.41) is 0. The third kappa shape index (κ3) is 1.80. The molecule has 0 fully saturated rings. The topological polar surface area (TPSA) is 37.4 Å². The van der Waals surface area contributed by atoms with Crippen LogP contribution in [0.4, 0.5) is 4.39 Å². The number of halogens is 1. The van der Waals surface area contributed by atoms with Gasteiger partial charge in [-0.15, -0.1) is 0 Å². The Bertz CT molecular complexity index is 488. The summed E-state index contributed by atoms with van der Waals surface area (Å²) >= 11 is 0. The van der Waals surface area contributed by atoms with Crippen molar-refractivity contribution in [3.8, 4) is 0 Å². The minimum absolute atomic E-state index is 0.256. The van der Waals surface area contributed by atoms with Crippen LogP contribution in [0.1, 0.15) is 0 Å². The highest BCUT2D eigenvalue weighted by Gasteiger charge is 2.27. The van der Waals surface area contributed by atoms with Gasteiger partial charge in [0, 0.05) is 13.1 Å². The Kier molecular flexibility index (Phi) is 2.58. The van der Waals surface area contributed by atoms with E-state index in [9.17, 15) is 12.8 Å². The Morgan fingerprint density at radius 3 is 2.33 bits per heavy atom. The minimum Gasteiger partial charge on any atom is -0.207 e. The molecular formula is C10H10FNO2S. The fraction of sp³-hybridized carbons (Fsp3) is 0.200. The first-order valence-corrected chi connectivity index (χ1v) is 5.96. The molecule has 2 rings (SSSR count). The molecule has 0 aliphatic carbocycles. The van der Waals surface area contributed by atoms with Crippen LogP contribution in [-0.4, -0.2) is 25.8 Å². The van der Waals surface area contributed by atoms with Gasteiger partial charge < -0.3 is 0 Å². The van der Waals surface area contributed by atoms with Gasteiger partial charge in [0.15, 0.2) is 0 Å². The van der Waals surface area contributed by atoms with Gasteiger partial charge in [-0.25, -0.2) is 12.8 Å². The van der Waals surface area contributed by atoms with Crippen LogP contribution in [0.2, 0.25) is 0 Å². The molecule has 0 bridgehead atoms. The Morgan fingerprint density at radius 1 is 1.13 bits per heavy atom. The maximum absolute atomic E-state index is 13.3. The molecule has 1 aromatic rings. The van der Waals surface area contributed by atoms with E-state index < -0.39 is 15.8 Å². The number of hydrogen-bond acceptors (Lipinski definition) is 2. The predicted molar refractivity (Wildman–Crippen MR) is 54.3 cm³/mol. The fourth-order valence-corrected chi connectivity index (χ4v) is 2.86. The molecule has 0 atom stereocenters. The minimum atomic E-state index is -3.67. The molecule has 3 nitrogen and oxygen atoms in total. The molecule has 1 aliphatic heterocycles. The Balaban J connectivity index is 2.42. The number of benzene rings is 1. The van der Waals surface area contributed by atoms with Crippen molar-refractivity contribution in [3.05, 3.63) is 42.2 Å². The van der Waals surface area contributed by atoms with Crippen molar-refractivity contribution >= 4 is 10.0 Å². The van der Waals surface area contributed by atoms with Crippen LogP contribution in [0.3, 0.4) is 0 Å². The number of rotatable bonds is 2. The monoisotopic (exact) mass is 227 g/mol. The van der Waals surface area contributed by atoms with Crippen LogP contribution in [0.15, 0.2) is 41.3 Å². The van der Waals surface area contributed by atoms with Crippen molar-refractivity contribution in [3.63, 3.8) is 0 Å². The van der Waals surface area contributed by atoms with E-state index >= 15 is 0 Å². The molecule has 0 aromatic heterocycles. The van der Waals surface area contributed by atoms with E-state index in [2.05, 4.69) is 0 Å². The van der Waals surface area contributed by atoms with E-state index in [0.717, 1.165) is 6.07 Å². The molecule has 0 saturated heterocycles. The van der Waals surface area contributed by atoms with Gasteiger partial charge in [0.2, 0.25) is 10.0 Å². The molecule has 0 N–H and O–H groups in total. The smallest absolute Gasteiger partial charge is 0.207 e. The summed E-state index contributed by atoms with van der Waals surface area (Å²) in [4.78, 5) is -0.256. The van der Waals surface area contributed by atoms with Crippen molar-refractivity contribution in [1.82, 2.24) is 4.31 Å². The van der Waals surface area contributed by atoms with E-state index in [1.807, 2.05) is 0 Å². The molecule has 15 heavy (non-hydrogen) atoms. The lowest BCUT2D eigenvalue weighted by molar-refractivity contribution is 0.479. The van der Waals surface area contributed by atoms with Gasteiger partial charge in [-0.3, -0.25) is 0 Å². The van der Waals surface area contributed by atoms with Crippen molar-refractivity contribution < 1.29 is 12.8 Å². The molecule has 0 radical (unpaired) electrons. The first-order valence-electron chi connectivity index (χ1n) is 4.52. The van der Waals surface area contributed by atoms with E-state index in [0.29, 0.717) is 13.1 Å². The van der Waals surface area contributed by atoms with Crippen LogP contribution in [0, 0.1) is 5.82 Å². The third-order valence-electron chi connectivity index (χ3n) is 2.24. The average Bonchev–Trinajstić information content (AvgIpc) is 2.71. The summed E-state index contributed by atoms with van der Waals surface area (Å²) in [5.41, 5.74) is 0. The highest BCUT2D eigenvalue weighted by atomic mass is 32.2. The van der Waals surface area contributed by atoms with Crippen LogP contribution in [0.25, 0.3) is 0 Å². The second-order valence-electron chi connectivity index (χ2n) is 3.22. The normalized spacial score (nSPS) is 17.1. The zero-order valence-electron chi connectivity index (χ0n) is 7.93. The average molecular weight is 227 g/mol. The van der Waals surface area contributed by atoms with Gasteiger partial charge in [0.1, 0.15) is 10.7 Å². The second-order valence-corrected chi connectivity index (χ2v) is 5.13. The number of sulfonamides is 1. The lowest BCUT2D eigenvalue weighted by Gasteiger charge is -2.15. The lowest BCUT2D eigenvalue weighted by Crippen LogP contribution is -2.29. The Morgan fingerprint density at radius 2 is 1.73 bits per heavy atom. The summed E-state index contributed by atoms with van der Waals surface area (Å²) in [6, 6.07) is 5.41. The number of nitrogens with zero attached hydrogens (tertiary/aromatic N) is 1. The number of hydrogen-bond donors (Lipinski definition) is 0. The molecule has 1 heterocycles. The molecule has 1 aliphatic rings. The highest BCUT2D eigenvalue weighted by molar-refractivity contribution is 7.89. The summed E-state index contributed by atoms with van der Waals surface area (Å²) in [7, 11) is -3.67. The van der Waals surface area contributed by atoms with E-state index in [1.54, 1.807) is 12.2 Å². The first kappa shape index (κ1) is 10.3. The molecule has 0 amide bonds. The predicted octanol–water partition coefficient (Wildman–Crippen LogP) is 1.39. The van der Waals surface area contributed by atoms with Crippen LogP contribution in [0.5, 0.6) is 0 Å². The summed E-state index contributed by atoms with van der Waals surface area (Å²) in [6.45, 7) is 0.632. The molecule has 1 aromatic carbocycles. The highest BCUT2D eigenvalue weighted by Crippen LogP contribution is 2.20. The quantitative estimate of drug-likeness (QED) is 0.716. The second kappa shape index (κ2) is 3.75. The van der Waals surface area contributed by atoms with Gasteiger partial charge in [-0.2, -0.15) is 4.31 Å². The SMILES string of the molecule is O=S(=O)(c1ccccc1F)N1CC=CC1. The molecule has 0 saturated carbocycles. The zero-order valence-corrected chi connectivity index (χ0v) is 8.74. The largest absolute Gasteiger partial charge is 0.246 e. The molecule has 80 valence electrons. The van der Waals surface area contributed by atoms with Gasteiger partial charge in [-0.05, 0) is 12.1 Å². The van der Waals surface area contributed by atoms with Crippen molar-refractivity contribution in [2.24, 2.45) is 0 Å². The summed E-state index contributed by atoms with van der Waals surface area (Å²) < 4.78 is 38.3. The lowest BCUT2D eigenvalue weighted by atomic mass is 10.4. The maximum Gasteiger partial charge on any atom is 0.246 e. The maximum atomic E-state index is 13.3. The van der Waals surface area contributed by atoms with Crippen molar-refractivity contribution in [2.45, 2.75) is 4.90 Å². The third-order valence-corrected chi connectivity index (χ3v) is 4.10. The van der Waals surface area contributed by atoms with Gasteiger partial charge in [0.05, 0.1) is 0 Å². The van der Waals surface area contributed by atoms with Crippen LogP contribution < -0.4 is 0 Å². The summed E-state index contributed by atoms with van der Waals surface area (Å²) in [6.07, 6.45) is 3.50. The van der Waals surface area contributed by atoms with Crippen LogP contribution >= 0.6 is 0 Å². The molecular weight excluding hydrogens is 217 g/mol. The van der Waals surface area contributed by atoms with Gasteiger partial charge in [0.25, 0.3) is 0 Å². The van der Waals surface area contributed by atoms with E-state index in [4.69, 9.17) is 0 Å². The Hall–Kier alpha value is -1.20. The van der Waals surface area contributed by atoms with E-state index in [1.165, 1.54) is 22.5 Å². The van der Waals surface area contributed by atoms with Crippen LogP contribution in [-0.2, 0) is 10.0 Å². The molecule has 0 unspecified atom stereocenters. The first-order chi connectivity index (χ1) is 7.12. The Labute approximate surface area is 87.9 Å². The molecule has 5 heteroatoms. The standard InChI is InChI=1S/C10H10FNO2S/c11-9-5-1-2-6-10(9)15(13,14)12-7-3-4-8-12/h1-6H,7-8H2. The van der Waals surface area contributed by atoms with E-state index in [-0.39, 0.29) is 4.90 Å². The van der Waals surface area contributed by atoms with Gasteiger partial charge >= 0.3 is 0 Å². The fourth-order valence-electron chi connectivity index (χ4n) is 1.45. The van der Waals surface area contributed by atoms with Crippen molar-refractivity contribution in [2.75, 3.05) is 13.1 Å². The zero-order chi connectivity index (χ0) is 10.9.